The lowest BCUT2D eigenvalue weighted by molar-refractivity contribution is -0.139. The zero-order chi connectivity index (χ0) is 28.7. The van der Waals surface area contributed by atoms with Crippen molar-refractivity contribution >= 4 is 27.7 Å². The van der Waals surface area contributed by atoms with Crippen molar-refractivity contribution in [2.75, 3.05) is 32.0 Å². The molecule has 0 radical (unpaired) electrons. The largest absolute Gasteiger partial charge is 0.357 e. The van der Waals surface area contributed by atoms with Crippen molar-refractivity contribution in [2.24, 2.45) is 0 Å². The van der Waals surface area contributed by atoms with Crippen LogP contribution in [-0.4, -0.2) is 63.2 Å². The Morgan fingerprint density at radius 1 is 0.872 bits per heavy atom. The summed E-state index contributed by atoms with van der Waals surface area (Å²) in [7, 11) is 0.377. The van der Waals surface area contributed by atoms with Crippen molar-refractivity contribution in [2.45, 2.75) is 39.8 Å². The van der Waals surface area contributed by atoms with E-state index in [0.29, 0.717) is 5.69 Å². The zero-order valence-corrected chi connectivity index (χ0v) is 24.3. The second-order valence-electron chi connectivity index (χ2n) is 9.85. The highest BCUT2D eigenvalue weighted by Crippen LogP contribution is 2.26. The molecule has 0 fully saturated rings. The van der Waals surface area contributed by atoms with Crippen molar-refractivity contribution in [1.82, 2.24) is 14.5 Å². The molecule has 3 aromatic rings. The Hall–Kier alpha value is -3.69. The maximum atomic E-state index is 14.2. The van der Waals surface area contributed by atoms with Crippen LogP contribution in [0.2, 0.25) is 0 Å². The number of anilines is 1. The van der Waals surface area contributed by atoms with Gasteiger partial charge in [-0.1, -0.05) is 66.7 Å². The summed E-state index contributed by atoms with van der Waals surface area (Å²) in [4.78, 5) is 28.9. The number of likely N-dealkylation sites (N-methyl/N-ethyl adjacent to an activating group) is 1. The van der Waals surface area contributed by atoms with Crippen LogP contribution in [0.15, 0.2) is 72.8 Å². The number of nitrogens with zero attached hydrogens (tertiary/aromatic N) is 3. The molecule has 0 bridgehead atoms. The molecule has 3 aromatic carbocycles. The quantitative estimate of drug-likeness (QED) is 0.395. The lowest BCUT2D eigenvalue weighted by Gasteiger charge is -2.35. The van der Waals surface area contributed by atoms with Gasteiger partial charge in [0, 0.05) is 34.1 Å². The average Bonchev–Trinajstić information content (AvgIpc) is 2.91. The van der Waals surface area contributed by atoms with Gasteiger partial charge in [-0.3, -0.25) is 9.59 Å². The summed E-state index contributed by atoms with van der Waals surface area (Å²) in [6, 6.07) is 21.8. The third-order valence-corrected chi connectivity index (χ3v) is 8.58. The molecule has 39 heavy (non-hydrogen) atoms. The van der Waals surface area contributed by atoms with Crippen LogP contribution in [-0.2, 0) is 32.8 Å². The normalized spacial score (nSPS) is 12.2. The molecule has 0 unspecified atom stereocenters. The van der Waals surface area contributed by atoms with E-state index in [1.807, 2.05) is 87.5 Å². The van der Waals surface area contributed by atoms with Gasteiger partial charge in [0.1, 0.15) is 12.6 Å². The molecule has 0 spiro atoms. The van der Waals surface area contributed by atoms with Crippen molar-refractivity contribution < 1.29 is 18.0 Å². The fourth-order valence-corrected chi connectivity index (χ4v) is 5.49. The van der Waals surface area contributed by atoms with Crippen LogP contribution in [0.25, 0.3) is 0 Å². The summed E-state index contributed by atoms with van der Waals surface area (Å²) in [6.45, 7) is 5.32. The Labute approximate surface area is 232 Å². The van der Waals surface area contributed by atoms with Crippen LogP contribution in [0.4, 0.5) is 5.69 Å². The summed E-state index contributed by atoms with van der Waals surface area (Å²) in [5, 5.41) is 2.70. The monoisotopic (exact) mass is 550 g/mol. The van der Waals surface area contributed by atoms with E-state index >= 15 is 0 Å². The number of aryl methyl sites for hydroxylation is 3. The first-order valence-electron chi connectivity index (χ1n) is 12.8. The number of hydrogen-bond donors (Lipinski definition) is 1. The second-order valence-corrected chi connectivity index (χ2v) is 11.9. The molecule has 1 atom stereocenters. The minimum Gasteiger partial charge on any atom is -0.357 e. The molecule has 208 valence electrons. The van der Waals surface area contributed by atoms with Gasteiger partial charge in [0.2, 0.25) is 11.8 Å². The van der Waals surface area contributed by atoms with Gasteiger partial charge >= 0.3 is 10.2 Å². The minimum atomic E-state index is -4.03. The maximum Gasteiger partial charge on any atom is 0.304 e. The molecule has 0 aliphatic carbocycles. The number of carbonyl (C=O) groups is 2. The fourth-order valence-electron chi connectivity index (χ4n) is 4.38. The van der Waals surface area contributed by atoms with Gasteiger partial charge in [-0.25, -0.2) is 4.31 Å². The predicted molar refractivity (Wildman–Crippen MR) is 156 cm³/mol. The second kappa shape index (κ2) is 12.9. The van der Waals surface area contributed by atoms with Gasteiger partial charge in [-0.15, -0.1) is 0 Å². The van der Waals surface area contributed by atoms with Gasteiger partial charge in [-0.2, -0.15) is 12.7 Å². The van der Waals surface area contributed by atoms with E-state index in [-0.39, 0.29) is 18.9 Å². The maximum absolute atomic E-state index is 14.2. The van der Waals surface area contributed by atoms with Crippen molar-refractivity contribution in [3.8, 4) is 0 Å². The van der Waals surface area contributed by atoms with E-state index in [9.17, 15) is 18.0 Å². The summed E-state index contributed by atoms with van der Waals surface area (Å²) >= 11 is 0. The summed E-state index contributed by atoms with van der Waals surface area (Å²) < 4.78 is 29.3. The first-order valence-corrected chi connectivity index (χ1v) is 14.2. The lowest BCUT2D eigenvalue weighted by atomic mass is 10.0. The number of rotatable bonds is 11. The molecule has 0 aliphatic heterocycles. The third-order valence-electron chi connectivity index (χ3n) is 6.77. The fraction of sp³-hybridized carbons (Fsp3) is 0.333. The van der Waals surface area contributed by atoms with Gasteiger partial charge in [0.25, 0.3) is 0 Å². The number of amides is 2. The van der Waals surface area contributed by atoms with Crippen molar-refractivity contribution in [3.05, 3.63) is 101 Å². The molecule has 0 saturated carbocycles. The van der Waals surface area contributed by atoms with E-state index in [1.54, 1.807) is 6.07 Å². The Balaban J connectivity index is 2.11. The van der Waals surface area contributed by atoms with E-state index < -0.39 is 28.7 Å². The van der Waals surface area contributed by atoms with Crippen molar-refractivity contribution in [3.63, 3.8) is 0 Å². The van der Waals surface area contributed by atoms with Gasteiger partial charge < -0.3 is 10.2 Å². The van der Waals surface area contributed by atoms with Crippen LogP contribution in [0.1, 0.15) is 27.8 Å². The zero-order valence-electron chi connectivity index (χ0n) is 23.5. The molecule has 0 heterocycles. The first kappa shape index (κ1) is 29.9. The Morgan fingerprint density at radius 2 is 1.51 bits per heavy atom. The smallest absolute Gasteiger partial charge is 0.304 e. The third kappa shape index (κ3) is 7.25. The molecule has 0 aromatic heterocycles. The molecular formula is C30H38N4O4S. The van der Waals surface area contributed by atoms with Gasteiger partial charge in [0.05, 0.1) is 5.69 Å². The highest BCUT2D eigenvalue weighted by atomic mass is 32.2. The van der Waals surface area contributed by atoms with Crippen molar-refractivity contribution in [1.29, 1.82) is 0 Å². The Bertz CT molecular complexity index is 1410. The summed E-state index contributed by atoms with van der Waals surface area (Å²) in [5.41, 5.74) is 4.75. The molecule has 1 N–H and O–H groups in total. The topological polar surface area (TPSA) is 90.0 Å². The van der Waals surface area contributed by atoms with E-state index in [4.69, 9.17) is 0 Å². The van der Waals surface area contributed by atoms with Crippen LogP contribution < -0.4 is 9.62 Å². The number of carbonyl (C=O) groups excluding carboxylic acids is 2. The van der Waals surface area contributed by atoms with E-state index in [1.165, 1.54) is 26.0 Å². The molecule has 3 rings (SSSR count). The van der Waals surface area contributed by atoms with E-state index in [0.717, 1.165) is 36.4 Å². The Morgan fingerprint density at radius 3 is 2.13 bits per heavy atom. The van der Waals surface area contributed by atoms with Crippen LogP contribution in [0.5, 0.6) is 0 Å². The minimum absolute atomic E-state index is 0.152. The number of hydrogen-bond acceptors (Lipinski definition) is 4. The number of benzene rings is 3. The molecule has 0 saturated heterocycles. The van der Waals surface area contributed by atoms with Crippen LogP contribution in [0, 0.1) is 20.8 Å². The number of nitrogens with one attached hydrogen (secondary N) is 1. The van der Waals surface area contributed by atoms with Gasteiger partial charge in [-0.05, 0) is 54.7 Å². The molecule has 2 amide bonds. The molecular weight excluding hydrogens is 512 g/mol. The van der Waals surface area contributed by atoms with Crippen LogP contribution in [0.3, 0.4) is 0 Å². The van der Waals surface area contributed by atoms with Crippen LogP contribution >= 0.6 is 0 Å². The summed E-state index contributed by atoms with van der Waals surface area (Å²) in [6.07, 6.45) is 0.280. The Kier molecular flexibility index (Phi) is 9.88. The molecule has 9 heteroatoms. The SMILES string of the molecule is CNC(=O)[C@@H](Cc1ccccc1)N(Cc1ccccc1C)C(=O)CN(c1cc(C)ccc1C)S(=O)(=O)N(C)C. The van der Waals surface area contributed by atoms with Gasteiger partial charge in [0.15, 0.2) is 0 Å². The predicted octanol–water partition coefficient (Wildman–Crippen LogP) is 3.61. The first-order chi connectivity index (χ1) is 18.4. The highest BCUT2D eigenvalue weighted by Gasteiger charge is 2.35. The van der Waals surface area contributed by atoms with E-state index in [2.05, 4.69) is 5.32 Å². The lowest BCUT2D eigenvalue weighted by Crippen LogP contribution is -2.54. The highest BCUT2D eigenvalue weighted by molar-refractivity contribution is 7.90. The average molecular weight is 551 g/mol. The molecule has 0 aliphatic rings. The standard InChI is InChI=1S/C30H38N4O4S/c1-22-16-17-24(3)27(18-22)34(39(37,38)32(5)6)21-29(35)33(20-26-15-11-10-12-23(26)2)28(30(36)31-4)19-25-13-8-7-9-14-25/h7-18,28H,19-21H2,1-6H3,(H,31,36)/t28-/m1/s1. The summed E-state index contributed by atoms with van der Waals surface area (Å²) in [5.74, 6) is -0.802. The molecule has 8 nitrogen and oxygen atoms in total.